The smallest absolute Gasteiger partial charge is 0.263 e. The van der Waals surface area contributed by atoms with Gasteiger partial charge in [-0.05, 0) is 42.7 Å². The molecule has 27 heavy (non-hydrogen) atoms. The quantitative estimate of drug-likeness (QED) is 0.773. The predicted octanol–water partition coefficient (Wildman–Crippen LogP) is 3.89. The van der Waals surface area contributed by atoms with Crippen molar-refractivity contribution in [3.05, 3.63) is 59.9 Å². The number of ether oxygens (including phenoxy) is 1. The van der Waals surface area contributed by atoms with Crippen molar-refractivity contribution < 1.29 is 13.9 Å². The Labute approximate surface area is 160 Å². The first kappa shape index (κ1) is 19.2. The van der Waals surface area contributed by atoms with Gasteiger partial charge in [-0.25, -0.2) is 4.39 Å². The van der Waals surface area contributed by atoms with Gasteiger partial charge in [-0.15, -0.1) is 0 Å². The molecule has 3 rings (SSSR count). The van der Waals surface area contributed by atoms with E-state index in [4.69, 9.17) is 4.74 Å². The average molecular weight is 370 g/mol. The van der Waals surface area contributed by atoms with Crippen LogP contribution >= 0.6 is 0 Å². The Kier molecular flexibility index (Phi) is 6.32. The summed E-state index contributed by atoms with van der Waals surface area (Å²) in [5.41, 5.74) is 1.84. The van der Waals surface area contributed by atoms with Crippen LogP contribution in [0.3, 0.4) is 0 Å². The maximum Gasteiger partial charge on any atom is 0.263 e. The number of para-hydroxylation sites is 1. The molecule has 144 valence electrons. The summed E-state index contributed by atoms with van der Waals surface area (Å²) < 4.78 is 19.9. The van der Waals surface area contributed by atoms with Gasteiger partial charge in [0.15, 0.2) is 6.10 Å². The van der Waals surface area contributed by atoms with Crippen molar-refractivity contribution in [2.24, 2.45) is 0 Å². The van der Waals surface area contributed by atoms with Crippen LogP contribution in [0.4, 0.5) is 10.1 Å². The molecular weight excluding hydrogens is 343 g/mol. The van der Waals surface area contributed by atoms with Gasteiger partial charge in [0.05, 0.1) is 5.69 Å². The minimum atomic E-state index is -0.488. The number of carbonyl (C=O) groups excluding carboxylic acids is 1. The normalized spacial score (nSPS) is 15.5. The van der Waals surface area contributed by atoms with E-state index in [-0.39, 0.29) is 11.7 Å². The van der Waals surface area contributed by atoms with Crippen LogP contribution in [0.25, 0.3) is 0 Å². The summed E-state index contributed by atoms with van der Waals surface area (Å²) in [6.45, 7) is 6.44. The first-order chi connectivity index (χ1) is 13.1. The van der Waals surface area contributed by atoms with E-state index in [2.05, 4.69) is 6.92 Å². The topological polar surface area (TPSA) is 32.8 Å². The van der Waals surface area contributed by atoms with Crippen molar-refractivity contribution in [3.8, 4) is 5.75 Å². The molecule has 0 spiro atoms. The van der Waals surface area contributed by atoms with E-state index >= 15 is 0 Å². The number of piperazine rings is 1. The Morgan fingerprint density at radius 1 is 1.04 bits per heavy atom. The maximum atomic E-state index is 14.0. The minimum absolute atomic E-state index is 0.00486. The van der Waals surface area contributed by atoms with E-state index in [0.717, 1.165) is 12.2 Å². The number of anilines is 1. The second-order valence-corrected chi connectivity index (χ2v) is 6.78. The van der Waals surface area contributed by atoms with Crippen LogP contribution in [-0.2, 0) is 11.2 Å². The molecule has 5 heteroatoms. The van der Waals surface area contributed by atoms with Crippen LogP contribution in [0.15, 0.2) is 48.5 Å². The lowest BCUT2D eigenvalue weighted by atomic mass is 10.1. The zero-order valence-corrected chi connectivity index (χ0v) is 16.0. The van der Waals surface area contributed by atoms with E-state index in [1.54, 1.807) is 12.1 Å². The third-order valence-electron chi connectivity index (χ3n) is 5.04. The molecular formula is C22H27FN2O2. The number of nitrogens with zero attached hydrogens (tertiary/aromatic N) is 2. The van der Waals surface area contributed by atoms with E-state index in [0.29, 0.717) is 38.3 Å². The molecule has 1 amide bonds. The number of hydrogen-bond donors (Lipinski definition) is 0. The number of carbonyl (C=O) groups is 1. The summed E-state index contributed by atoms with van der Waals surface area (Å²) in [6.07, 6.45) is 1.10. The molecule has 0 aromatic heterocycles. The SMILES string of the molecule is CCc1ccc(O[C@@H](CC)C(=O)N2CCN(c3ccccc3F)CC2)cc1. The Morgan fingerprint density at radius 2 is 1.70 bits per heavy atom. The molecule has 0 N–H and O–H groups in total. The average Bonchev–Trinajstić information content (AvgIpc) is 2.72. The predicted molar refractivity (Wildman–Crippen MR) is 106 cm³/mol. The third-order valence-corrected chi connectivity index (χ3v) is 5.04. The number of benzene rings is 2. The fraction of sp³-hybridized carbons (Fsp3) is 0.409. The van der Waals surface area contributed by atoms with E-state index in [9.17, 15) is 9.18 Å². The fourth-order valence-electron chi connectivity index (χ4n) is 3.36. The Hall–Kier alpha value is -2.56. The van der Waals surface area contributed by atoms with Gasteiger partial charge >= 0.3 is 0 Å². The number of aryl methyl sites for hydroxylation is 1. The van der Waals surface area contributed by atoms with Crippen LogP contribution < -0.4 is 9.64 Å². The zero-order valence-electron chi connectivity index (χ0n) is 16.0. The lowest BCUT2D eigenvalue weighted by Crippen LogP contribution is -2.52. The van der Waals surface area contributed by atoms with Crippen LogP contribution in [0.2, 0.25) is 0 Å². The minimum Gasteiger partial charge on any atom is -0.481 e. The highest BCUT2D eigenvalue weighted by Gasteiger charge is 2.28. The Balaban J connectivity index is 1.59. The van der Waals surface area contributed by atoms with Gasteiger partial charge < -0.3 is 14.5 Å². The summed E-state index contributed by atoms with van der Waals surface area (Å²) in [5, 5.41) is 0. The van der Waals surface area contributed by atoms with Crippen molar-refractivity contribution in [3.63, 3.8) is 0 Å². The molecule has 0 saturated carbocycles. The summed E-state index contributed by atoms with van der Waals surface area (Å²) in [5.74, 6) is 0.505. The van der Waals surface area contributed by atoms with Crippen LogP contribution in [0.5, 0.6) is 5.75 Å². The molecule has 2 aromatic rings. The van der Waals surface area contributed by atoms with Crippen molar-refractivity contribution in [1.29, 1.82) is 0 Å². The molecule has 1 fully saturated rings. The molecule has 1 atom stereocenters. The Bertz CT molecular complexity index is 755. The molecule has 0 radical (unpaired) electrons. The van der Waals surface area contributed by atoms with Gasteiger partial charge in [0.1, 0.15) is 11.6 Å². The van der Waals surface area contributed by atoms with Crippen LogP contribution in [0, 0.1) is 5.82 Å². The van der Waals surface area contributed by atoms with Crippen molar-refractivity contribution >= 4 is 11.6 Å². The number of hydrogen-bond acceptors (Lipinski definition) is 3. The summed E-state index contributed by atoms with van der Waals surface area (Å²) in [4.78, 5) is 16.7. The molecule has 4 nitrogen and oxygen atoms in total. The lowest BCUT2D eigenvalue weighted by molar-refractivity contribution is -0.139. The van der Waals surface area contributed by atoms with Gasteiger partial charge in [-0.3, -0.25) is 4.79 Å². The fourth-order valence-corrected chi connectivity index (χ4v) is 3.36. The van der Waals surface area contributed by atoms with Gasteiger partial charge in [0.2, 0.25) is 0 Å². The summed E-state index contributed by atoms with van der Waals surface area (Å²) in [7, 11) is 0. The van der Waals surface area contributed by atoms with Crippen molar-refractivity contribution in [2.75, 3.05) is 31.1 Å². The first-order valence-corrected chi connectivity index (χ1v) is 9.66. The van der Waals surface area contributed by atoms with Gasteiger partial charge in [-0.1, -0.05) is 38.1 Å². The lowest BCUT2D eigenvalue weighted by Gasteiger charge is -2.37. The van der Waals surface area contributed by atoms with E-state index in [1.165, 1.54) is 11.6 Å². The standard InChI is InChI=1S/C22H27FN2O2/c1-3-17-9-11-18(12-10-17)27-21(4-2)22(26)25-15-13-24(14-16-25)20-8-6-5-7-19(20)23/h5-12,21H,3-4,13-16H2,1-2H3/t21-/m0/s1. The monoisotopic (exact) mass is 370 g/mol. The second-order valence-electron chi connectivity index (χ2n) is 6.78. The summed E-state index contributed by atoms with van der Waals surface area (Å²) in [6, 6.07) is 14.7. The molecule has 0 bridgehead atoms. The highest BCUT2D eigenvalue weighted by Crippen LogP contribution is 2.21. The number of halogens is 1. The van der Waals surface area contributed by atoms with Crippen molar-refractivity contribution in [1.82, 2.24) is 4.90 Å². The molecule has 1 heterocycles. The van der Waals surface area contributed by atoms with Crippen LogP contribution in [0.1, 0.15) is 25.8 Å². The molecule has 1 aliphatic rings. The van der Waals surface area contributed by atoms with Crippen molar-refractivity contribution in [2.45, 2.75) is 32.8 Å². The highest BCUT2D eigenvalue weighted by molar-refractivity contribution is 5.81. The number of amides is 1. The van der Waals surface area contributed by atoms with E-state index < -0.39 is 6.10 Å². The largest absolute Gasteiger partial charge is 0.481 e. The van der Waals surface area contributed by atoms with Gasteiger partial charge in [0.25, 0.3) is 5.91 Å². The van der Waals surface area contributed by atoms with Crippen LogP contribution in [-0.4, -0.2) is 43.1 Å². The molecule has 1 aliphatic heterocycles. The molecule has 1 saturated heterocycles. The molecule has 0 aliphatic carbocycles. The summed E-state index contributed by atoms with van der Waals surface area (Å²) >= 11 is 0. The van der Waals surface area contributed by atoms with E-state index in [1.807, 2.05) is 47.1 Å². The second kappa shape index (κ2) is 8.89. The van der Waals surface area contributed by atoms with Gasteiger partial charge in [-0.2, -0.15) is 0 Å². The van der Waals surface area contributed by atoms with Gasteiger partial charge in [0, 0.05) is 26.2 Å². The number of rotatable bonds is 6. The maximum absolute atomic E-state index is 14.0. The zero-order chi connectivity index (χ0) is 19.2. The highest BCUT2D eigenvalue weighted by atomic mass is 19.1. The third kappa shape index (κ3) is 4.59. The molecule has 0 unspecified atom stereocenters. The Morgan fingerprint density at radius 3 is 2.30 bits per heavy atom. The molecule has 2 aromatic carbocycles. The first-order valence-electron chi connectivity index (χ1n) is 9.66.